The van der Waals surface area contributed by atoms with Gasteiger partial charge in [0, 0.05) is 0 Å². The Hall–Kier alpha value is -2.55. The second-order valence-electron chi connectivity index (χ2n) is 5.00. The summed E-state index contributed by atoms with van der Waals surface area (Å²) >= 11 is 0. The number of ether oxygens (including phenoxy) is 1. The van der Waals surface area contributed by atoms with Crippen LogP contribution in [0.2, 0.25) is 0 Å². The fraction of sp³-hybridized carbons (Fsp3) is 0.417. The number of nitrogens with two attached hydrogens (primary N) is 1. The monoisotopic (exact) mass is 327 g/mol. The molecule has 2 aromatic rings. The number of terminal acetylenes is 1. The molecule has 1 saturated heterocycles. The minimum Gasteiger partial charge on any atom is -0.390 e. The Morgan fingerprint density at radius 1 is 1.61 bits per heavy atom. The molecule has 0 radical (unpaired) electrons. The van der Waals surface area contributed by atoms with Gasteiger partial charge in [-0.15, -0.1) is 6.42 Å². The summed E-state index contributed by atoms with van der Waals surface area (Å²) in [5.41, 5.74) is 1.24. The molecule has 2 aromatic heterocycles. The molecule has 0 spiro atoms. The van der Waals surface area contributed by atoms with Crippen LogP contribution in [0.15, 0.2) is 11.1 Å². The number of fused-ring (bicyclic) bond motifs is 1. The van der Waals surface area contributed by atoms with E-state index in [1.54, 1.807) is 5.92 Å². The van der Waals surface area contributed by atoms with Crippen LogP contribution in [0.3, 0.4) is 0 Å². The van der Waals surface area contributed by atoms with Crippen molar-refractivity contribution >= 4 is 17.1 Å². The molecular formula is C12H11F2N5O4. The summed E-state index contributed by atoms with van der Waals surface area (Å²) in [4.78, 5) is 21.4. The van der Waals surface area contributed by atoms with E-state index < -0.39 is 36.0 Å². The van der Waals surface area contributed by atoms with Crippen molar-refractivity contribution in [3.05, 3.63) is 16.7 Å². The highest BCUT2D eigenvalue weighted by Gasteiger charge is 2.66. The predicted molar refractivity (Wildman–Crippen MR) is 72.3 cm³/mol. The number of hydrogen-bond donors (Lipinski definition) is 4. The number of nitrogen functional groups attached to an aromatic ring is 1. The third-order valence-corrected chi connectivity index (χ3v) is 3.61. The topological polar surface area (TPSA) is 139 Å². The molecule has 3 heterocycles. The van der Waals surface area contributed by atoms with Crippen molar-refractivity contribution in [2.24, 2.45) is 0 Å². The van der Waals surface area contributed by atoms with Crippen molar-refractivity contribution in [3.63, 3.8) is 0 Å². The highest BCUT2D eigenvalue weighted by atomic mass is 19.2. The number of aromatic amines is 1. The molecule has 0 amide bonds. The zero-order valence-corrected chi connectivity index (χ0v) is 11.4. The summed E-state index contributed by atoms with van der Waals surface area (Å²) in [7, 11) is 0. The van der Waals surface area contributed by atoms with E-state index in [2.05, 4.69) is 15.0 Å². The zero-order chi connectivity index (χ0) is 17.0. The van der Waals surface area contributed by atoms with Gasteiger partial charge >= 0.3 is 0 Å². The first-order valence-corrected chi connectivity index (χ1v) is 6.31. The number of nitrogens with one attached hydrogen (secondary N) is 1. The van der Waals surface area contributed by atoms with Crippen LogP contribution in [0.25, 0.3) is 11.2 Å². The first kappa shape index (κ1) is 15.3. The largest absolute Gasteiger partial charge is 0.390 e. The van der Waals surface area contributed by atoms with Crippen molar-refractivity contribution in [3.8, 4) is 12.3 Å². The molecule has 0 unspecified atom stereocenters. The number of rotatable bonds is 2. The van der Waals surface area contributed by atoms with Gasteiger partial charge in [-0.1, -0.05) is 5.92 Å². The molecule has 0 aliphatic carbocycles. The number of hydrogen-bond acceptors (Lipinski definition) is 7. The van der Waals surface area contributed by atoms with Crippen molar-refractivity contribution in [2.75, 3.05) is 12.3 Å². The third kappa shape index (κ3) is 1.93. The van der Waals surface area contributed by atoms with Crippen LogP contribution in [-0.2, 0) is 4.74 Å². The van der Waals surface area contributed by atoms with Gasteiger partial charge < -0.3 is 20.7 Å². The Morgan fingerprint density at radius 2 is 2.30 bits per heavy atom. The highest BCUT2D eigenvalue weighted by Crippen LogP contribution is 2.47. The smallest absolute Gasteiger partial charge is 0.280 e. The van der Waals surface area contributed by atoms with Crippen LogP contribution < -0.4 is 11.3 Å². The lowest BCUT2D eigenvalue weighted by molar-refractivity contribution is -0.206. The van der Waals surface area contributed by atoms with Gasteiger partial charge in [-0.05, 0) is 0 Å². The van der Waals surface area contributed by atoms with E-state index in [9.17, 15) is 18.7 Å². The van der Waals surface area contributed by atoms with Crippen LogP contribution in [0.5, 0.6) is 0 Å². The lowest BCUT2D eigenvalue weighted by Gasteiger charge is -2.23. The van der Waals surface area contributed by atoms with Crippen molar-refractivity contribution in [1.82, 2.24) is 19.5 Å². The number of halogens is 2. The minimum absolute atomic E-state index is 0.211. The molecule has 1 fully saturated rings. The van der Waals surface area contributed by atoms with E-state index >= 15 is 0 Å². The Labute approximate surface area is 126 Å². The molecule has 1 aliphatic rings. The van der Waals surface area contributed by atoms with E-state index in [1.165, 1.54) is 0 Å². The molecule has 0 saturated carbocycles. The van der Waals surface area contributed by atoms with Crippen molar-refractivity contribution in [1.29, 1.82) is 0 Å². The Bertz CT molecular complexity index is 876. The van der Waals surface area contributed by atoms with E-state index in [0.29, 0.717) is 0 Å². The summed E-state index contributed by atoms with van der Waals surface area (Å²) in [5.74, 6) is -1.79. The number of alkyl halides is 2. The van der Waals surface area contributed by atoms with Crippen LogP contribution in [0, 0.1) is 12.3 Å². The number of nitrogens with zero attached hydrogens (tertiary/aromatic N) is 3. The molecule has 0 bridgehead atoms. The van der Waals surface area contributed by atoms with Gasteiger partial charge in [-0.2, -0.15) is 4.98 Å². The lowest BCUT2D eigenvalue weighted by Crippen LogP contribution is -2.47. The molecule has 0 aromatic carbocycles. The second kappa shape index (κ2) is 4.72. The first-order valence-electron chi connectivity index (χ1n) is 6.31. The molecule has 11 heteroatoms. The van der Waals surface area contributed by atoms with Crippen LogP contribution in [0.4, 0.5) is 14.7 Å². The first-order chi connectivity index (χ1) is 10.8. The van der Waals surface area contributed by atoms with Gasteiger partial charge in [-0.25, -0.2) is 13.8 Å². The van der Waals surface area contributed by atoms with Crippen molar-refractivity contribution in [2.45, 2.75) is 23.9 Å². The van der Waals surface area contributed by atoms with Gasteiger partial charge in [0.2, 0.25) is 11.6 Å². The molecule has 3 rings (SSSR count). The SMILES string of the molecule is C#C[C@]1(F)[C@H](n2cnc3c(=O)[nH]c(N)nc32)O[C@](F)(CO)[C@H]1O. The van der Waals surface area contributed by atoms with Gasteiger partial charge in [-0.3, -0.25) is 14.3 Å². The van der Waals surface area contributed by atoms with Gasteiger partial charge in [0.1, 0.15) is 6.61 Å². The Kier molecular flexibility index (Phi) is 3.15. The van der Waals surface area contributed by atoms with Gasteiger partial charge in [0.15, 0.2) is 23.5 Å². The predicted octanol–water partition coefficient (Wildman–Crippen LogP) is -1.41. The summed E-state index contributed by atoms with van der Waals surface area (Å²) in [5, 5.41) is 18.8. The van der Waals surface area contributed by atoms with E-state index in [0.717, 1.165) is 10.9 Å². The van der Waals surface area contributed by atoms with Crippen molar-refractivity contribution < 1.29 is 23.7 Å². The Balaban J connectivity index is 2.22. The van der Waals surface area contributed by atoms with Crippen LogP contribution in [-0.4, -0.2) is 54.0 Å². The normalized spacial score (nSPS) is 33.9. The van der Waals surface area contributed by atoms with Crippen LogP contribution >= 0.6 is 0 Å². The highest BCUT2D eigenvalue weighted by molar-refractivity contribution is 5.70. The molecule has 23 heavy (non-hydrogen) atoms. The quantitative estimate of drug-likeness (QED) is 0.497. The van der Waals surface area contributed by atoms with Crippen LogP contribution in [0.1, 0.15) is 6.23 Å². The maximum Gasteiger partial charge on any atom is 0.280 e. The minimum atomic E-state index is -3.13. The molecule has 122 valence electrons. The molecule has 1 aliphatic heterocycles. The summed E-state index contributed by atoms with van der Waals surface area (Å²) < 4.78 is 34.9. The van der Waals surface area contributed by atoms with E-state index in [4.69, 9.17) is 22.0 Å². The molecule has 4 atom stereocenters. The number of anilines is 1. The number of imidazole rings is 1. The van der Waals surface area contributed by atoms with Gasteiger partial charge in [0.05, 0.1) is 6.33 Å². The molecular weight excluding hydrogens is 316 g/mol. The second-order valence-corrected chi connectivity index (χ2v) is 5.00. The molecule has 5 N–H and O–H groups in total. The lowest BCUT2D eigenvalue weighted by atomic mass is 9.96. The van der Waals surface area contributed by atoms with Gasteiger partial charge in [0.25, 0.3) is 11.4 Å². The number of H-pyrrole nitrogens is 1. The number of aliphatic hydroxyl groups is 2. The number of aromatic nitrogens is 4. The fourth-order valence-electron chi connectivity index (χ4n) is 2.43. The zero-order valence-electron chi connectivity index (χ0n) is 11.4. The van der Waals surface area contributed by atoms with E-state index in [-0.39, 0.29) is 17.1 Å². The summed E-state index contributed by atoms with van der Waals surface area (Å²) in [6.45, 7) is -1.33. The fourth-order valence-corrected chi connectivity index (χ4v) is 2.43. The standard InChI is InChI=1S/C12H11F2N5O4/c1-2-11(13)8(22)12(14,3-20)23-9(11)19-4-16-5-6(19)17-10(15)18-7(5)21/h1,4,8-9,20,22H,3H2,(H3,15,17,18,21)/t8-,9+,11+,12+/m0/s1. The summed E-state index contributed by atoms with van der Waals surface area (Å²) in [6, 6.07) is 0. The third-order valence-electron chi connectivity index (χ3n) is 3.61. The average molecular weight is 327 g/mol. The Morgan fingerprint density at radius 3 is 2.91 bits per heavy atom. The molecule has 9 nitrogen and oxygen atoms in total. The maximum atomic E-state index is 14.9. The number of aliphatic hydroxyl groups excluding tert-OH is 2. The summed E-state index contributed by atoms with van der Waals surface area (Å²) in [6.07, 6.45) is 1.63. The average Bonchev–Trinajstić information content (AvgIpc) is 3.01. The van der Waals surface area contributed by atoms with E-state index in [1.807, 2.05) is 0 Å². The maximum absolute atomic E-state index is 14.9.